The number of nitrogen functional groups attached to an aromatic ring is 1. The van der Waals surface area contributed by atoms with Crippen LogP contribution in [0.1, 0.15) is 21.5 Å². The average Bonchev–Trinajstić information content (AvgIpc) is 2.67. The van der Waals surface area contributed by atoms with E-state index < -0.39 is 15.9 Å². The molecule has 0 bridgehead atoms. The van der Waals surface area contributed by atoms with Crippen LogP contribution in [-0.2, 0) is 10.0 Å². The van der Waals surface area contributed by atoms with Crippen LogP contribution >= 0.6 is 15.9 Å². The van der Waals surface area contributed by atoms with E-state index in [1.165, 1.54) is 12.1 Å². The molecule has 0 unspecified atom stereocenters. The summed E-state index contributed by atoms with van der Waals surface area (Å²) in [6.45, 7) is 0. The average molecular weight is 472 g/mol. The van der Waals surface area contributed by atoms with Gasteiger partial charge in [0.25, 0.3) is 5.91 Å². The molecule has 0 radical (unpaired) electrons. The van der Waals surface area contributed by atoms with Gasteiger partial charge < -0.3 is 11.5 Å². The number of primary amides is 1. The number of hydrogen-bond acceptors (Lipinski definition) is 4. The molecule has 0 fully saturated rings. The molecule has 0 saturated heterocycles. The predicted octanol–water partition coefficient (Wildman–Crippen LogP) is 3.62. The van der Waals surface area contributed by atoms with Crippen LogP contribution in [-0.4, -0.2) is 14.3 Å². The van der Waals surface area contributed by atoms with E-state index >= 15 is 0 Å². The van der Waals surface area contributed by atoms with Gasteiger partial charge in [-0.1, -0.05) is 52.3 Å². The number of rotatable bonds is 5. The van der Waals surface area contributed by atoms with Crippen molar-refractivity contribution >= 4 is 49.7 Å². The van der Waals surface area contributed by atoms with Gasteiger partial charge >= 0.3 is 0 Å². The molecule has 0 heterocycles. The molecule has 29 heavy (non-hydrogen) atoms. The zero-order chi connectivity index (χ0) is 21.2. The fourth-order valence-electron chi connectivity index (χ4n) is 2.81. The van der Waals surface area contributed by atoms with Crippen molar-refractivity contribution in [1.29, 1.82) is 0 Å². The minimum Gasteiger partial charge on any atom is -0.398 e. The number of sulfonamides is 1. The van der Waals surface area contributed by atoms with E-state index in [2.05, 4.69) is 15.9 Å². The minimum absolute atomic E-state index is 0.0127. The zero-order valence-electron chi connectivity index (χ0n) is 15.2. The van der Waals surface area contributed by atoms with Gasteiger partial charge in [-0.25, -0.2) is 13.6 Å². The lowest BCUT2D eigenvalue weighted by Crippen LogP contribution is -2.14. The quantitative estimate of drug-likeness (QED) is 0.387. The molecule has 0 aliphatic carbocycles. The van der Waals surface area contributed by atoms with Crippen LogP contribution in [0.4, 0.5) is 5.69 Å². The van der Waals surface area contributed by atoms with Crippen molar-refractivity contribution in [1.82, 2.24) is 0 Å². The molecule has 0 aliphatic heterocycles. The summed E-state index contributed by atoms with van der Waals surface area (Å²) in [5.74, 6) is -0.649. The van der Waals surface area contributed by atoms with Crippen LogP contribution in [0, 0.1) is 0 Å². The molecule has 1 amide bonds. The van der Waals surface area contributed by atoms with Crippen molar-refractivity contribution in [3.05, 3.63) is 81.8 Å². The summed E-state index contributed by atoms with van der Waals surface area (Å²) < 4.78 is 23.9. The number of primary sulfonamides is 1. The minimum atomic E-state index is -3.80. The number of halogens is 1. The van der Waals surface area contributed by atoms with Crippen molar-refractivity contribution in [2.24, 2.45) is 10.9 Å². The highest BCUT2D eigenvalue weighted by Crippen LogP contribution is 2.31. The Bertz CT molecular complexity index is 1200. The molecule has 3 aromatic rings. The Hall–Kier alpha value is -2.94. The molecule has 0 atom stereocenters. The van der Waals surface area contributed by atoms with Crippen molar-refractivity contribution in [2.75, 3.05) is 5.73 Å². The fourth-order valence-corrected chi connectivity index (χ4v) is 3.58. The van der Waals surface area contributed by atoms with Crippen LogP contribution in [0.5, 0.6) is 0 Å². The first-order valence-electron chi connectivity index (χ1n) is 8.45. The first kappa shape index (κ1) is 20.8. The third-order valence-corrected chi connectivity index (χ3v) is 5.76. The molecule has 6 N–H and O–H groups in total. The van der Waals surface area contributed by atoms with Crippen LogP contribution in [0.25, 0.3) is 23.3 Å². The molecule has 6 nitrogen and oxygen atoms in total. The normalized spacial score (nSPS) is 11.7. The summed E-state index contributed by atoms with van der Waals surface area (Å²) in [6, 6.07) is 17.1. The lowest BCUT2D eigenvalue weighted by atomic mass is 9.96. The lowest BCUT2D eigenvalue weighted by molar-refractivity contribution is 0.100. The third kappa shape index (κ3) is 4.92. The van der Waals surface area contributed by atoms with E-state index in [0.29, 0.717) is 11.1 Å². The van der Waals surface area contributed by atoms with E-state index in [9.17, 15) is 13.2 Å². The second-order valence-electron chi connectivity index (χ2n) is 6.35. The summed E-state index contributed by atoms with van der Waals surface area (Å²) in [5.41, 5.74) is 15.0. The second-order valence-corrected chi connectivity index (χ2v) is 8.83. The fraction of sp³-hybridized carbons (Fsp3) is 0. The van der Waals surface area contributed by atoms with Crippen molar-refractivity contribution in [3.63, 3.8) is 0 Å². The summed E-state index contributed by atoms with van der Waals surface area (Å²) in [4.78, 5) is 11.9. The smallest absolute Gasteiger partial charge is 0.250 e. The van der Waals surface area contributed by atoms with Crippen molar-refractivity contribution in [2.45, 2.75) is 4.90 Å². The molecule has 148 valence electrons. The molecule has 0 spiro atoms. The second kappa shape index (κ2) is 8.20. The predicted molar refractivity (Wildman–Crippen MR) is 119 cm³/mol. The Morgan fingerprint density at radius 3 is 2.03 bits per heavy atom. The molecule has 0 saturated carbocycles. The highest BCUT2D eigenvalue weighted by atomic mass is 79.9. The van der Waals surface area contributed by atoms with Gasteiger partial charge in [0.15, 0.2) is 0 Å². The van der Waals surface area contributed by atoms with Gasteiger partial charge in [-0.05, 0) is 53.1 Å². The summed E-state index contributed by atoms with van der Waals surface area (Å²) in [6.07, 6.45) is 3.74. The van der Waals surface area contributed by atoms with Gasteiger partial charge in [0, 0.05) is 10.0 Å². The van der Waals surface area contributed by atoms with E-state index in [-0.39, 0.29) is 16.1 Å². The molecule has 0 aliphatic rings. The topological polar surface area (TPSA) is 129 Å². The summed E-state index contributed by atoms with van der Waals surface area (Å²) in [7, 11) is -3.80. The standard InChI is InChI=1S/C21H18BrN3O3S/c22-16-7-3-13(4-8-16)1-2-14-11-18(20(23)19(12-14)21(24)26)15-5-9-17(10-6-15)29(25,27)28/h1-12H,23H2,(H2,24,26)(H2,25,27,28). The van der Waals surface area contributed by atoms with Gasteiger partial charge in [-0.15, -0.1) is 0 Å². The van der Waals surface area contributed by atoms with Crippen LogP contribution in [0.15, 0.2) is 70.0 Å². The molecule has 3 aromatic carbocycles. The molecule has 0 aromatic heterocycles. The number of carbonyl (C=O) groups excluding carboxylic acids is 1. The Labute approximate surface area is 177 Å². The molecular weight excluding hydrogens is 454 g/mol. The van der Waals surface area contributed by atoms with Gasteiger partial charge in [0.2, 0.25) is 10.0 Å². The maximum Gasteiger partial charge on any atom is 0.250 e. The summed E-state index contributed by atoms with van der Waals surface area (Å²) >= 11 is 3.39. The highest BCUT2D eigenvalue weighted by molar-refractivity contribution is 9.10. The van der Waals surface area contributed by atoms with Crippen molar-refractivity contribution < 1.29 is 13.2 Å². The maximum absolute atomic E-state index is 11.9. The number of amides is 1. The number of nitrogens with two attached hydrogens (primary N) is 3. The number of hydrogen-bond donors (Lipinski definition) is 3. The Kier molecular flexibility index (Phi) is 5.88. The molecule has 8 heteroatoms. The van der Waals surface area contributed by atoms with Gasteiger partial charge in [-0.2, -0.15) is 0 Å². The van der Waals surface area contributed by atoms with Crippen molar-refractivity contribution in [3.8, 4) is 11.1 Å². The number of carbonyl (C=O) groups is 1. The van der Waals surface area contributed by atoms with E-state index in [4.69, 9.17) is 16.6 Å². The number of anilines is 1. The Morgan fingerprint density at radius 1 is 0.897 bits per heavy atom. The largest absolute Gasteiger partial charge is 0.398 e. The van der Waals surface area contributed by atoms with Crippen LogP contribution in [0.2, 0.25) is 0 Å². The summed E-state index contributed by atoms with van der Waals surface area (Å²) in [5, 5.41) is 5.14. The van der Waals surface area contributed by atoms with Crippen LogP contribution < -0.4 is 16.6 Å². The Balaban J connectivity index is 2.07. The van der Waals surface area contributed by atoms with Gasteiger partial charge in [0.05, 0.1) is 16.1 Å². The third-order valence-electron chi connectivity index (χ3n) is 4.30. The monoisotopic (exact) mass is 471 g/mol. The first-order valence-corrected chi connectivity index (χ1v) is 10.8. The number of benzene rings is 3. The SMILES string of the molecule is NC(=O)c1cc(C=Cc2ccc(Br)cc2)cc(-c2ccc(S(N)(=O)=O)cc2)c1N. The Morgan fingerprint density at radius 2 is 1.48 bits per heavy atom. The molecule has 3 rings (SSSR count). The first-order chi connectivity index (χ1) is 13.6. The highest BCUT2D eigenvalue weighted by Gasteiger charge is 2.14. The van der Waals surface area contributed by atoms with Gasteiger partial charge in [0.1, 0.15) is 0 Å². The lowest BCUT2D eigenvalue weighted by Gasteiger charge is -2.12. The van der Waals surface area contributed by atoms with Gasteiger partial charge in [-0.3, -0.25) is 4.79 Å². The maximum atomic E-state index is 11.9. The van der Waals surface area contributed by atoms with E-state index in [1.807, 2.05) is 42.5 Å². The molecular formula is C21H18BrN3O3S. The van der Waals surface area contributed by atoms with Crippen LogP contribution in [0.3, 0.4) is 0 Å². The van der Waals surface area contributed by atoms with E-state index in [0.717, 1.165) is 15.6 Å². The van der Waals surface area contributed by atoms with E-state index in [1.54, 1.807) is 18.2 Å². The zero-order valence-corrected chi connectivity index (χ0v) is 17.6.